The zero-order valence-corrected chi connectivity index (χ0v) is 16.2. The molecule has 1 fully saturated rings. The van der Waals surface area contributed by atoms with Crippen LogP contribution in [-0.4, -0.2) is 47.3 Å². The molecule has 3 heterocycles. The first-order chi connectivity index (χ1) is 13.7. The maximum Gasteiger partial charge on any atom is 0.265 e. The summed E-state index contributed by atoms with van der Waals surface area (Å²) in [5.74, 6) is 2.88. The number of benzene rings is 1. The quantitative estimate of drug-likeness (QED) is 0.646. The highest BCUT2D eigenvalue weighted by atomic mass is 16.5. The van der Waals surface area contributed by atoms with Crippen LogP contribution in [0, 0.1) is 0 Å². The third-order valence-corrected chi connectivity index (χ3v) is 4.80. The molecule has 1 aromatic carbocycles. The summed E-state index contributed by atoms with van der Waals surface area (Å²) in [6.07, 6.45) is 3.59. The van der Waals surface area contributed by atoms with E-state index >= 15 is 0 Å². The van der Waals surface area contributed by atoms with Gasteiger partial charge in [-0.1, -0.05) is 30.3 Å². The van der Waals surface area contributed by atoms with E-state index in [1.165, 1.54) is 0 Å². The number of rotatable bonds is 6. The Labute approximate surface area is 164 Å². The molecule has 1 aliphatic rings. The zero-order valence-electron chi connectivity index (χ0n) is 16.2. The van der Waals surface area contributed by atoms with Gasteiger partial charge in [0.25, 0.3) is 5.95 Å². The van der Waals surface area contributed by atoms with Crippen LogP contribution in [0.4, 0.5) is 11.9 Å². The van der Waals surface area contributed by atoms with Crippen molar-refractivity contribution in [3.05, 3.63) is 54.0 Å². The second-order valence-electron chi connectivity index (χ2n) is 7.06. The molecule has 0 spiro atoms. The van der Waals surface area contributed by atoms with Gasteiger partial charge in [0, 0.05) is 45.4 Å². The molecule has 0 saturated carbocycles. The van der Waals surface area contributed by atoms with E-state index in [0.717, 1.165) is 31.5 Å². The van der Waals surface area contributed by atoms with Crippen molar-refractivity contribution < 1.29 is 9.26 Å². The van der Waals surface area contributed by atoms with E-state index in [-0.39, 0.29) is 5.92 Å². The number of anilines is 2. The van der Waals surface area contributed by atoms with Crippen LogP contribution in [0.15, 0.2) is 47.1 Å². The Morgan fingerprint density at radius 1 is 1.11 bits per heavy atom. The lowest BCUT2D eigenvalue weighted by molar-refractivity contribution is 0.292. The van der Waals surface area contributed by atoms with Crippen LogP contribution in [0.25, 0.3) is 0 Å². The van der Waals surface area contributed by atoms with Gasteiger partial charge in [-0.25, -0.2) is 4.98 Å². The minimum absolute atomic E-state index is 0.273. The Hall–Kier alpha value is -3.16. The zero-order chi connectivity index (χ0) is 19.3. The largest absolute Gasteiger partial charge is 0.473 e. The van der Waals surface area contributed by atoms with Crippen molar-refractivity contribution in [3.63, 3.8) is 0 Å². The number of nitrogens with zero attached hydrogens (tertiary/aromatic N) is 6. The number of aromatic nitrogens is 4. The maximum absolute atomic E-state index is 5.82. The summed E-state index contributed by atoms with van der Waals surface area (Å²) in [5, 5.41) is 4.01. The molecule has 8 heteroatoms. The van der Waals surface area contributed by atoms with Gasteiger partial charge in [-0.05, 0) is 23.6 Å². The SMILES string of the molecule is CN(C)c1noc(C2CCN(c3nccc(OCc4ccccc4)n3)CC2)n1. The summed E-state index contributed by atoms with van der Waals surface area (Å²) in [5.41, 5.74) is 1.11. The van der Waals surface area contributed by atoms with Crippen molar-refractivity contribution in [3.8, 4) is 5.88 Å². The second-order valence-corrected chi connectivity index (χ2v) is 7.06. The van der Waals surface area contributed by atoms with E-state index in [1.54, 1.807) is 12.3 Å². The normalized spacial score (nSPS) is 14.9. The molecule has 1 saturated heterocycles. The fourth-order valence-electron chi connectivity index (χ4n) is 3.20. The van der Waals surface area contributed by atoms with Gasteiger partial charge in [0.15, 0.2) is 0 Å². The van der Waals surface area contributed by atoms with Gasteiger partial charge in [-0.2, -0.15) is 9.97 Å². The van der Waals surface area contributed by atoms with E-state index in [2.05, 4.69) is 25.0 Å². The average Bonchev–Trinajstić information content (AvgIpc) is 3.24. The van der Waals surface area contributed by atoms with Gasteiger partial charge in [0.1, 0.15) is 6.61 Å². The smallest absolute Gasteiger partial charge is 0.265 e. The molecule has 0 unspecified atom stereocenters. The molecular formula is C20H24N6O2. The predicted molar refractivity (Wildman–Crippen MR) is 106 cm³/mol. The Bertz CT molecular complexity index is 890. The Morgan fingerprint density at radius 3 is 2.61 bits per heavy atom. The first-order valence-corrected chi connectivity index (χ1v) is 9.44. The lowest BCUT2D eigenvalue weighted by atomic mass is 9.97. The van der Waals surface area contributed by atoms with E-state index in [9.17, 15) is 0 Å². The van der Waals surface area contributed by atoms with E-state index in [1.807, 2.05) is 49.3 Å². The van der Waals surface area contributed by atoms with Crippen LogP contribution in [0.5, 0.6) is 5.88 Å². The third-order valence-electron chi connectivity index (χ3n) is 4.80. The Morgan fingerprint density at radius 2 is 1.89 bits per heavy atom. The molecule has 3 aromatic rings. The molecule has 0 bridgehead atoms. The summed E-state index contributed by atoms with van der Waals surface area (Å²) in [7, 11) is 3.81. The first kappa shape index (κ1) is 18.2. The van der Waals surface area contributed by atoms with Crippen LogP contribution >= 0.6 is 0 Å². The van der Waals surface area contributed by atoms with Crippen LogP contribution in [0.1, 0.15) is 30.2 Å². The molecule has 4 rings (SSSR count). The van der Waals surface area contributed by atoms with Crippen molar-refractivity contribution >= 4 is 11.9 Å². The third kappa shape index (κ3) is 4.21. The standard InChI is InChI=1S/C20H24N6O2/c1-25(2)20-23-18(28-24-20)16-9-12-26(13-10-16)19-21-11-8-17(22-19)27-14-15-6-4-3-5-7-15/h3-8,11,16H,9-10,12-14H2,1-2H3. The highest BCUT2D eigenvalue weighted by Gasteiger charge is 2.26. The predicted octanol–water partition coefficient (Wildman–Crippen LogP) is 2.89. The highest BCUT2D eigenvalue weighted by Crippen LogP contribution is 2.29. The lowest BCUT2D eigenvalue weighted by Gasteiger charge is -2.30. The monoisotopic (exact) mass is 380 g/mol. The highest BCUT2D eigenvalue weighted by molar-refractivity contribution is 5.33. The van der Waals surface area contributed by atoms with Crippen molar-refractivity contribution in [2.75, 3.05) is 37.0 Å². The number of piperidine rings is 1. The molecule has 146 valence electrons. The molecule has 0 atom stereocenters. The summed E-state index contributed by atoms with van der Waals surface area (Å²) in [6, 6.07) is 11.8. The number of hydrogen-bond donors (Lipinski definition) is 0. The Kier molecular flexibility index (Phi) is 5.36. The molecule has 1 aliphatic heterocycles. The van der Waals surface area contributed by atoms with E-state index in [4.69, 9.17) is 9.26 Å². The lowest BCUT2D eigenvalue weighted by Crippen LogP contribution is -2.34. The molecule has 0 radical (unpaired) electrons. The average molecular weight is 380 g/mol. The first-order valence-electron chi connectivity index (χ1n) is 9.44. The molecular weight excluding hydrogens is 356 g/mol. The fourth-order valence-corrected chi connectivity index (χ4v) is 3.20. The van der Waals surface area contributed by atoms with Gasteiger partial charge in [0.2, 0.25) is 17.7 Å². The van der Waals surface area contributed by atoms with Crippen LogP contribution in [0.2, 0.25) is 0 Å². The summed E-state index contributed by atoms with van der Waals surface area (Å²) in [6.45, 7) is 2.17. The summed E-state index contributed by atoms with van der Waals surface area (Å²) >= 11 is 0. The topological polar surface area (TPSA) is 80.4 Å². The van der Waals surface area contributed by atoms with E-state index < -0.39 is 0 Å². The van der Waals surface area contributed by atoms with E-state index in [0.29, 0.717) is 30.3 Å². The summed E-state index contributed by atoms with van der Waals surface area (Å²) < 4.78 is 11.3. The van der Waals surface area contributed by atoms with Crippen molar-refractivity contribution in [1.82, 2.24) is 20.1 Å². The molecule has 0 amide bonds. The van der Waals surface area contributed by atoms with Crippen molar-refractivity contribution in [2.45, 2.75) is 25.4 Å². The molecule has 0 N–H and O–H groups in total. The minimum Gasteiger partial charge on any atom is -0.473 e. The van der Waals surface area contributed by atoms with Gasteiger partial charge in [-0.3, -0.25) is 0 Å². The molecule has 8 nitrogen and oxygen atoms in total. The van der Waals surface area contributed by atoms with Crippen LogP contribution < -0.4 is 14.5 Å². The molecule has 0 aliphatic carbocycles. The minimum atomic E-state index is 0.273. The summed E-state index contributed by atoms with van der Waals surface area (Å²) in [4.78, 5) is 17.5. The van der Waals surface area contributed by atoms with Gasteiger partial charge in [0.05, 0.1) is 0 Å². The number of ether oxygens (including phenoxy) is 1. The Balaban J connectivity index is 1.35. The van der Waals surface area contributed by atoms with Crippen LogP contribution in [0.3, 0.4) is 0 Å². The molecule has 28 heavy (non-hydrogen) atoms. The van der Waals surface area contributed by atoms with Crippen molar-refractivity contribution in [1.29, 1.82) is 0 Å². The molecule has 2 aromatic heterocycles. The van der Waals surface area contributed by atoms with Gasteiger partial charge >= 0.3 is 0 Å². The maximum atomic E-state index is 5.82. The fraction of sp³-hybridized carbons (Fsp3) is 0.400. The second kappa shape index (κ2) is 8.24. The van der Waals surface area contributed by atoms with Crippen LogP contribution in [-0.2, 0) is 6.61 Å². The van der Waals surface area contributed by atoms with Gasteiger partial charge < -0.3 is 19.1 Å². The van der Waals surface area contributed by atoms with Gasteiger partial charge in [-0.15, -0.1) is 0 Å². The number of hydrogen-bond acceptors (Lipinski definition) is 8. The van der Waals surface area contributed by atoms with Crippen molar-refractivity contribution in [2.24, 2.45) is 0 Å².